The van der Waals surface area contributed by atoms with E-state index < -0.39 is 23.8 Å². The molecule has 2 unspecified atom stereocenters. The third-order valence-corrected chi connectivity index (χ3v) is 5.44. The fourth-order valence-electron chi connectivity index (χ4n) is 3.60. The van der Waals surface area contributed by atoms with Gasteiger partial charge in [0.25, 0.3) is 5.91 Å². The summed E-state index contributed by atoms with van der Waals surface area (Å²) in [6.45, 7) is 5.37. The molecule has 0 aliphatic carbocycles. The zero-order chi connectivity index (χ0) is 25.7. The van der Waals surface area contributed by atoms with Crippen molar-refractivity contribution in [1.82, 2.24) is 10.2 Å². The first kappa shape index (κ1) is 27.9. The Balaban J connectivity index is 2.22. The lowest BCUT2D eigenvalue weighted by atomic mass is 9.88. The molecule has 35 heavy (non-hydrogen) atoms. The van der Waals surface area contributed by atoms with Gasteiger partial charge in [-0.3, -0.25) is 14.5 Å². The molecule has 1 aromatic rings. The highest BCUT2D eigenvalue weighted by atomic mass is 17.2. The van der Waals surface area contributed by atoms with E-state index in [1.807, 2.05) is 13.8 Å². The van der Waals surface area contributed by atoms with Gasteiger partial charge in [0.05, 0.1) is 13.2 Å². The first-order valence-corrected chi connectivity index (χ1v) is 11.9. The van der Waals surface area contributed by atoms with Gasteiger partial charge < -0.3 is 15.0 Å². The number of carbonyl (C=O) groups is 4. The summed E-state index contributed by atoms with van der Waals surface area (Å²) in [5.74, 6) is -1.16. The van der Waals surface area contributed by atoms with E-state index in [0.717, 1.165) is 6.42 Å². The van der Waals surface area contributed by atoms with Crippen LogP contribution in [0.4, 0.5) is 4.79 Å². The molecule has 192 valence electrons. The fourth-order valence-corrected chi connectivity index (χ4v) is 3.60. The molecular weight excluding hydrogens is 456 g/mol. The molecule has 2 atom stereocenters. The summed E-state index contributed by atoms with van der Waals surface area (Å²) >= 11 is 0. The number of likely N-dealkylation sites (tertiary alicyclic amines) is 1. The minimum atomic E-state index is -1.21. The van der Waals surface area contributed by atoms with Gasteiger partial charge in [-0.1, -0.05) is 43.6 Å². The van der Waals surface area contributed by atoms with Gasteiger partial charge in [0, 0.05) is 38.3 Å². The van der Waals surface area contributed by atoms with E-state index in [1.54, 1.807) is 35.2 Å². The quantitative estimate of drug-likeness (QED) is 0.216. The molecule has 11 nitrogen and oxygen atoms in total. The summed E-state index contributed by atoms with van der Waals surface area (Å²) in [6.07, 6.45) is 1.29. The molecule has 1 heterocycles. The zero-order valence-corrected chi connectivity index (χ0v) is 20.5. The molecule has 0 saturated carbocycles. The topological polar surface area (TPSA) is 136 Å². The smallest absolute Gasteiger partial charge is 0.447 e. The maximum absolute atomic E-state index is 12.9. The van der Waals surface area contributed by atoms with Crippen molar-refractivity contribution in [3.05, 3.63) is 35.9 Å². The minimum absolute atomic E-state index is 0.0677. The Bertz CT molecular complexity index is 893. The van der Waals surface area contributed by atoms with Crippen LogP contribution in [0.25, 0.3) is 0 Å². The van der Waals surface area contributed by atoms with Crippen LogP contribution in [0.5, 0.6) is 0 Å². The summed E-state index contributed by atoms with van der Waals surface area (Å²) in [5, 5.41) is 10.4. The number of benzene rings is 1. The second kappa shape index (κ2) is 14.1. The predicted octanol–water partition coefficient (Wildman–Crippen LogP) is 3.79. The van der Waals surface area contributed by atoms with Crippen LogP contribution >= 0.6 is 0 Å². The Morgan fingerprint density at radius 3 is 2.54 bits per heavy atom. The van der Waals surface area contributed by atoms with Gasteiger partial charge >= 0.3 is 12.1 Å². The van der Waals surface area contributed by atoms with E-state index in [0.29, 0.717) is 24.8 Å². The number of ether oxygens (including phenoxy) is 1. The van der Waals surface area contributed by atoms with Gasteiger partial charge in [-0.15, -0.1) is 0 Å². The summed E-state index contributed by atoms with van der Waals surface area (Å²) in [5.41, 5.74) is -0.779. The van der Waals surface area contributed by atoms with Crippen molar-refractivity contribution in [3.8, 4) is 0 Å². The standard InChI is InChI=1S/C24H34N4O7/c1-4-6-15-33-23(32)27-25-17-24(35-34-18(3)29)13-14-28(21(30)10-5-2)20(16-24)26-22(31)19-11-8-7-9-12-19/h7-9,11-12,20H,4-6,10,13-17H2,1-3H3,(H,26,31). The highest BCUT2D eigenvalue weighted by Crippen LogP contribution is 2.31. The van der Waals surface area contributed by atoms with Crippen LogP contribution in [-0.4, -0.2) is 60.2 Å². The third-order valence-electron chi connectivity index (χ3n) is 5.44. The highest BCUT2D eigenvalue weighted by molar-refractivity contribution is 5.94. The lowest BCUT2D eigenvalue weighted by Gasteiger charge is -2.44. The summed E-state index contributed by atoms with van der Waals surface area (Å²) in [4.78, 5) is 60.8. The van der Waals surface area contributed by atoms with Crippen LogP contribution < -0.4 is 5.32 Å². The van der Waals surface area contributed by atoms with Crippen molar-refractivity contribution < 1.29 is 33.7 Å². The molecule has 1 N–H and O–H groups in total. The average molecular weight is 491 g/mol. The van der Waals surface area contributed by atoms with Crippen LogP contribution in [-0.2, 0) is 24.1 Å². The molecule has 1 aliphatic heterocycles. The van der Waals surface area contributed by atoms with Gasteiger partial charge in [0.2, 0.25) is 5.91 Å². The number of amides is 3. The van der Waals surface area contributed by atoms with Crippen molar-refractivity contribution >= 4 is 23.9 Å². The Kier molecular flexibility index (Phi) is 11.3. The van der Waals surface area contributed by atoms with E-state index in [-0.39, 0.29) is 44.4 Å². The first-order chi connectivity index (χ1) is 16.8. The average Bonchev–Trinajstić information content (AvgIpc) is 2.84. The molecule has 1 fully saturated rings. The summed E-state index contributed by atoms with van der Waals surface area (Å²) < 4.78 is 4.97. The number of hydrogen-bond acceptors (Lipinski definition) is 8. The van der Waals surface area contributed by atoms with Crippen LogP contribution in [0.1, 0.15) is 69.7 Å². The van der Waals surface area contributed by atoms with Crippen molar-refractivity contribution in [2.45, 2.75) is 71.1 Å². The Morgan fingerprint density at radius 1 is 1.14 bits per heavy atom. The Labute approximate surface area is 205 Å². The predicted molar refractivity (Wildman–Crippen MR) is 125 cm³/mol. The van der Waals surface area contributed by atoms with Crippen LogP contribution in [0.15, 0.2) is 40.6 Å². The van der Waals surface area contributed by atoms with Crippen LogP contribution in [0, 0.1) is 0 Å². The SMILES string of the molecule is CCCCOC(=O)N=NCC1(OOC(C)=O)CCN(C(=O)CCC)C(NC(=O)c2ccccc2)C1. The number of unbranched alkanes of at least 4 members (excludes halogenated alkanes) is 1. The van der Waals surface area contributed by atoms with E-state index in [4.69, 9.17) is 14.5 Å². The third kappa shape index (κ3) is 9.08. The molecule has 2 rings (SSSR count). The number of nitrogens with zero attached hydrogens (tertiary/aromatic N) is 3. The van der Waals surface area contributed by atoms with Gasteiger partial charge in [-0.05, 0) is 25.0 Å². The van der Waals surface area contributed by atoms with Crippen molar-refractivity contribution in [2.75, 3.05) is 19.7 Å². The molecule has 0 bridgehead atoms. The lowest BCUT2D eigenvalue weighted by molar-refractivity contribution is -0.339. The number of azo groups is 1. The van der Waals surface area contributed by atoms with E-state index in [1.165, 1.54) is 6.92 Å². The second-order valence-electron chi connectivity index (χ2n) is 8.36. The molecule has 11 heteroatoms. The van der Waals surface area contributed by atoms with Crippen molar-refractivity contribution in [3.63, 3.8) is 0 Å². The maximum Gasteiger partial charge on any atom is 0.452 e. The summed E-state index contributed by atoms with van der Waals surface area (Å²) in [6, 6.07) is 8.60. The highest BCUT2D eigenvalue weighted by Gasteiger charge is 2.45. The number of carbonyl (C=O) groups excluding carboxylic acids is 4. The molecule has 1 aliphatic rings. The Hall–Kier alpha value is -3.34. The maximum atomic E-state index is 12.9. The molecular formula is C24H34N4O7. The van der Waals surface area contributed by atoms with E-state index in [9.17, 15) is 19.2 Å². The number of piperidine rings is 1. The zero-order valence-electron chi connectivity index (χ0n) is 20.5. The monoisotopic (exact) mass is 490 g/mol. The minimum Gasteiger partial charge on any atom is -0.447 e. The molecule has 1 saturated heterocycles. The van der Waals surface area contributed by atoms with Crippen molar-refractivity contribution in [2.24, 2.45) is 10.2 Å². The first-order valence-electron chi connectivity index (χ1n) is 11.9. The normalized spacial score (nSPS) is 19.9. The number of nitrogens with one attached hydrogen (secondary N) is 1. The largest absolute Gasteiger partial charge is 0.452 e. The van der Waals surface area contributed by atoms with Gasteiger partial charge in [0.1, 0.15) is 11.8 Å². The van der Waals surface area contributed by atoms with Crippen molar-refractivity contribution in [1.29, 1.82) is 0 Å². The van der Waals surface area contributed by atoms with E-state index >= 15 is 0 Å². The lowest BCUT2D eigenvalue weighted by Crippen LogP contribution is -2.60. The van der Waals surface area contributed by atoms with E-state index in [2.05, 4.69) is 15.5 Å². The Morgan fingerprint density at radius 2 is 1.89 bits per heavy atom. The molecule has 0 aromatic heterocycles. The fraction of sp³-hybridized carbons (Fsp3) is 0.583. The van der Waals surface area contributed by atoms with Gasteiger partial charge in [-0.25, -0.2) is 9.59 Å². The molecule has 0 spiro atoms. The van der Waals surface area contributed by atoms with Gasteiger partial charge in [0.15, 0.2) is 0 Å². The van der Waals surface area contributed by atoms with Gasteiger partial charge in [-0.2, -0.15) is 10.0 Å². The van der Waals surface area contributed by atoms with Crippen LogP contribution in [0.3, 0.4) is 0 Å². The molecule has 1 aromatic carbocycles. The molecule has 0 radical (unpaired) electrons. The number of hydrogen-bond donors (Lipinski definition) is 1. The summed E-state index contributed by atoms with van der Waals surface area (Å²) in [7, 11) is 0. The number of rotatable bonds is 11. The molecule has 3 amide bonds. The van der Waals surface area contributed by atoms with Crippen LogP contribution in [0.2, 0.25) is 0 Å². The second-order valence-corrected chi connectivity index (χ2v) is 8.36.